The molecule has 1 aliphatic heterocycles. The Morgan fingerprint density at radius 3 is 2.90 bits per heavy atom. The first-order chi connectivity index (χ1) is 10.3. The van der Waals surface area contributed by atoms with E-state index < -0.39 is 0 Å². The molecule has 0 atom stereocenters. The van der Waals surface area contributed by atoms with Crippen molar-refractivity contribution in [2.45, 2.75) is 19.8 Å². The smallest absolute Gasteiger partial charge is 0.121 e. The SMILES string of the molecule is CCCC1CN(c2c(C#N)cnc3cc(OC)ccc23)C1. The average molecular weight is 281 g/mol. The molecule has 0 aliphatic carbocycles. The number of hydrogen-bond acceptors (Lipinski definition) is 4. The molecule has 3 rings (SSSR count). The number of ether oxygens (including phenoxy) is 1. The van der Waals surface area contributed by atoms with E-state index >= 15 is 0 Å². The summed E-state index contributed by atoms with van der Waals surface area (Å²) in [5, 5.41) is 10.4. The van der Waals surface area contributed by atoms with Gasteiger partial charge in [-0.25, -0.2) is 0 Å². The summed E-state index contributed by atoms with van der Waals surface area (Å²) in [5.41, 5.74) is 2.56. The zero-order valence-corrected chi connectivity index (χ0v) is 12.5. The van der Waals surface area contributed by atoms with Gasteiger partial charge in [-0.05, 0) is 24.5 Å². The minimum Gasteiger partial charge on any atom is -0.497 e. The predicted octanol–water partition coefficient (Wildman–Crippen LogP) is 3.35. The van der Waals surface area contributed by atoms with Gasteiger partial charge in [-0.2, -0.15) is 5.26 Å². The highest BCUT2D eigenvalue weighted by Crippen LogP contribution is 2.36. The molecular weight excluding hydrogens is 262 g/mol. The van der Waals surface area contributed by atoms with Crippen LogP contribution in [0.25, 0.3) is 10.9 Å². The number of methoxy groups -OCH3 is 1. The molecule has 1 aromatic carbocycles. The second-order valence-electron chi connectivity index (χ2n) is 5.58. The van der Waals surface area contributed by atoms with Crippen LogP contribution in [0.5, 0.6) is 5.75 Å². The van der Waals surface area contributed by atoms with Gasteiger partial charge >= 0.3 is 0 Å². The van der Waals surface area contributed by atoms with Crippen molar-refractivity contribution in [3.8, 4) is 11.8 Å². The molecular formula is C17H19N3O. The van der Waals surface area contributed by atoms with Gasteiger partial charge in [0.25, 0.3) is 0 Å². The number of nitrogens with zero attached hydrogens (tertiary/aromatic N) is 3. The molecule has 1 aliphatic rings. The third-order valence-electron chi connectivity index (χ3n) is 4.14. The van der Waals surface area contributed by atoms with Crippen LogP contribution in [-0.2, 0) is 0 Å². The van der Waals surface area contributed by atoms with E-state index in [0.29, 0.717) is 5.56 Å². The summed E-state index contributed by atoms with van der Waals surface area (Å²) in [7, 11) is 1.65. The fourth-order valence-electron chi connectivity index (χ4n) is 3.05. The Hall–Kier alpha value is -2.28. The zero-order chi connectivity index (χ0) is 14.8. The summed E-state index contributed by atoms with van der Waals surface area (Å²) in [6.45, 7) is 4.29. The quantitative estimate of drug-likeness (QED) is 0.862. The molecule has 0 unspecified atom stereocenters. The Kier molecular flexibility index (Phi) is 3.66. The highest BCUT2D eigenvalue weighted by Gasteiger charge is 2.29. The first-order valence-corrected chi connectivity index (χ1v) is 7.38. The molecule has 1 aromatic heterocycles. The maximum absolute atomic E-state index is 9.38. The summed E-state index contributed by atoms with van der Waals surface area (Å²) in [4.78, 5) is 6.69. The van der Waals surface area contributed by atoms with Crippen molar-refractivity contribution in [1.82, 2.24) is 4.98 Å². The molecule has 4 heteroatoms. The number of rotatable bonds is 4. The van der Waals surface area contributed by atoms with Crippen LogP contribution >= 0.6 is 0 Å². The molecule has 1 saturated heterocycles. The standard InChI is InChI=1S/C17H19N3O/c1-3-4-12-10-20(11-12)17-13(8-18)9-19-16-7-14(21-2)5-6-15(16)17/h5-7,9,12H,3-4,10-11H2,1-2H3. The molecule has 1 fully saturated rings. The lowest BCUT2D eigenvalue weighted by atomic mass is 9.93. The van der Waals surface area contributed by atoms with Crippen molar-refractivity contribution < 1.29 is 4.74 Å². The Morgan fingerprint density at radius 2 is 2.24 bits per heavy atom. The molecule has 2 heterocycles. The Balaban J connectivity index is 2.01. The van der Waals surface area contributed by atoms with Crippen molar-refractivity contribution >= 4 is 16.6 Å². The van der Waals surface area contributed by atoms with E-state index in [4.69, 9.17) is 4.74 Å². The molecule has 0 N–H and O–H groups in total. The Bertz CT molecular complexity index is 699. The highest BCUT2D eigenvalue weighted by atomic mass is 16.5. The van der Waals surface area contributed by atoms with Crippen LogP contribution in [0, 0.1) is 17.2 Å². The molecule has 0 amide bonds. The van der Waals surface area contributed by atoms with Gasteiger partial charge in [0.05, 0.1) is 23.9 Å². The maximum atomic E-state index is 9.38. The summed E-state index contributed by atoms with van der Waals surface area (Å²) in [5.74, 6) is 1.54. The largest absolute Gasteiger partial charge is 0.497 e. The fourth-order valence-corrected chi connectivity index (χ4v) is 3.05. The summed E-state index contributed by atoms with van der Waals surface area (Å²) < 4.78 is 5.25. The van der Waals surface area contributed by atoms with Gasteiger partial charge in [0.1, 0.15) is 11.8 Å². The normalized spacial score (nSPS) is 14.8. The third-order valence-corrected chi connectivity index (χ3v) is 4.14. The summed E-state index contributed by atoms with van der Waals surface area (Å²) >= 11 is 0. The van der Waals surface area contributed by atoms with Crippen LogP contribution in [-0.4, -0.2) is 25.2 Å². The monoisotopic (exact) mass is 281 g/mol. The first-order valence-electron chi connectivity index (χ1n) is 7.38. The molecule has 4 nitrogen and oxygen atoms in total. The Morgan fingerprint density at radius 1 is 1.43 bits per heavy atom. The first kappa shape index (κ1) is 13.7. The van der Waals surface area contributed by atoms with Crippen LogP contribution < -0.4 is 9.64 Å². The van der Waals surface area contributed by atoms with E-state index in [-0.39, 0.29) is 0 Å². The van der Waals surface area contributed by atoms with Gasteiger partial charge in [0, 0.05) is 30.7 Å². The van der Waals surface area contributed by atoms with Gasteiger partial charge in [0.15, 0.2) is 0 Å². The van der Waals surface area contributed by atoms with E-state index in [1.54, 1.807) is 13.3 Å². The molecule has 0 radical (unpaired) electrons. The molecule has 0 saturated carbocycles. The maximum Gasteiger partial charge on any atom is 0.121 e. The van der Waals surface area contributed by atoms with Crippen LogP contribution in [0.4, 0.5) is 5.69 Å². The van der Waals surface area contributed by atoms with Crippen molar-refractivity contribution in [3.05, 3.63) is 30.0 Å². The predicted molar refractivity (Wildman–Crippen MR) is 83.6 cm³/mol. The highest BCUT2D eigenvalue weighted by molar-refractivity contribution is 5.95. The van der Waals surface area contributed by atoms with Crippen molar-refractivity contribution in [1.29, 1.82) is 5.26 Å². The minimum atomic E-state index is 0.655. The van der Waals surface area contributed by atoms with E-state index in [1.807, 2.05) is 18.2 Å². The number of hydrogen-bond donors (Lipinski definition) is 0. The van der Waals surface area contributed by atoms with Gasteiger partial charge in [-0.3, -0.25) is 4.98 Å². The van der Waals surface area contributed by atoms with Crippen molar-refractivity contribution in [2.75, 3.05) is 25.1 Å². The summed E-state index contributed by atoms with van der Waals surface area (Å²) in [6, 6.07) is 8.13. The molecule has 2 aromatic rings. The van der Waals surface area contributed by atoms with Gasteiger partial charge in [0.2, 0.25) is 0 Å². The Labute approximate surface area is 125 Å². The molecule has 108 valence electrons. The topological polar surface area (TPSA) is 49.2 Å². The summed E-state index contributed by atoms with van der Waals surface area (Å²) in [6.07, 6.45) is 4.15. The van der Waals surface area contributed by atoms with E-state index in [2.05, 4.69) is 22.9 Å². The number of aromatic nitrogens is 1. The molecule has 0 bridgehead atoms. The van der Waals surface area contributed by atoms with E-state index in [1.165, 1.54) is 12.8 Å². The number of fused-ring (bicyclic) bond motifs is 1. The molecule has 21 heavy (non-hydrogen) atoms. The fraction of sp³-hybridized carbons (Fsp3) is 0.412. The van der Waals surface area contributed by atoms with Gasteiger partial charge < -0.3 is 9.64 Å². The number of nitriles is 1. The van der Waals surface area contributed by atoms with Crippen molar-refractivity contribution in [2.24, 2.45) is 5.92 Å². The third kappa shape index (κ3) is 2.40. The van der Waals surface area contributed by atoms with Crippen LogP contribution in [0.3, 0.4) is 0 Å². The lowest BCUT2D eigenvalue weighted by molar-refractivity contribution is 0.381. The zero-order valence-electron chi connectivity index (χ0n) is 12.5. The van der Waals surface area contributed by atoms with Gasteiger partial charge in [-0.15, -0.1) is 0 Å². The number of benzene rings is 1. The second-order valence-corrected chi connectivity index (χ2v) is 5.58. The minimum absolute atomic E-state index is 0.655. The van der Waals surface area contributed by atoms with Gasteiger partial charge in [-0.1, -0.05) is 13.3 Å². The average Bonchev–Trinajstić information content (AvgIpc) is 2.49. The van der Waals surface area contributed by atoms with Crippen LogP contribution in [0.15, 0.2) is 24.4 Å². The van der Waals surface area contributed by atoms with Crippen LogP contribution in [0.2, 0.25) is 0 Å². The number of anilines is 1. The number of pyridine rings is 1. The lowest BCUT2D eigenvalue weighted by Crippen LogP contribution is -2.47. The second kappa shape index (κ2) is 5.61. The van der Waals surface area contributed by atoms with E-state index in [0.717, 1.165) is 41.3 Å². The molecule has 0 spiro atoms. The lowest BCUT2D eigenvalue weighted by Gasteiger charge is -2.42. The van der Waals surface area contributed by atoms with E-state index in [9.17, 15) is 5.26 Å². The van der Waals surface area contributed by atoms with Crippen LogP contribution in [0.1, 0.15) is 25.3 Å². The van der Waals surface area contributed by atoms with Crippen molar-refractivity contribution in [3.63, 3.8) is 0 Å².